The van der Waals surface area contributed by atoms with Gasteiger partial charge in [-0.3, -0.25) is 0 Å². The highest BCUT2D eigenvalue weighted by Gasteiger charge is 2.33. The largest absolute Gasteiger partial charge is 0.382 e. The Balaban J connectivity index is 1.53. The van der Waals surface area contributed by atoms with Gasteiger partial charge in [0.05, 0.1) is 25.6 Å². The Morgan fingerprint density at radius 1 is 1.22 bits per heavy atom. The van der Waals surface area contributed by atoms with E-state index in [0.29, 0.717) is 36.9 Å². The zero-order chi connectivity index (χ0) is 16.2. The Morgan fingerprint density at radius 3 is 2.65 bits per heavy atom. The number of rotatable bonds is 8. The quantitative estimate of drug-likeness (QED) is 0.738. The van der Waals surface area contributed by atoms with Crippen molar-refractivity contribution < 1.29 is 13.8 Å². The van der Waals surface area contributed by atoms with Crippen LogP contribution in [-0.2, 0) is 13.8 Å². The number of nitrogens with zero attached hydrogens (tertiary/aromatic N) is 4. The number of hydrogen-bond acceptors (Lipinski definition) is 7. The number of nitrogen functional groups attached to an aromatic ring is 1. The Morgan fingerprint density at radius 2 is 1.96 bits per heavy atom. The van der Waals surface area contributed by atoms with Crippen LogP contribution in [0.4, 0.5) is 5.82 Å². The summed E-state index contributed by atoms with van der Waals surface area (Å²) in [6.07, 6.45) is 5.86. The lowest BCUT2D eigenvalue weighted by molar-refractivity contribution is -0.00848. The first-order chi connectivity index (χ1) is 11.2. The van der Waals surface area contributed by atoms with Crippen LogP contribution in [0.2, 0.25) is 0 Å². The molecule has 0 saturated heterocycles. The van der Waals surface area contributed by atoms with Gasteiger partial charge in [-0.2, -0.15) is 0 Å². The average Bonchev–Trinajstić information content (AvgIpc) is 2.91. The molecular formula is C14H22N5O3P. The van der Waals surface area contributed by atoms with Gasteiger partial charge in [0.1, 0.15) is 18.2 Å². The molecule has 0 atom stereocenters. The van der Waals surface area contributed by atoms with E-state index in [0.717, 1.165) is 18.5 Å². The summed E-state index contributed by atoms with van der Waals surface area (Å²) in [4.78, 5) is 12.6. The predicted octanol–water partition coefficient (Wildman–Crippen LogP) is 2.47. The summed E-state index contributed by atoms with van der Waals surface area (Å²) in [5.74, 6) is 0.417. The third-order valence-corrected chi connectivity index (χ3v) is 5.26. The highest BCUT2D eigenvalue weighted by molar-refractivity contribution is 7.47. The van der Waals surface area contributed by atoms with Crippen molar-refractivity contribution >= 4 is 25.4 Å². The van der Waals surface area contributed by atoms with Crippen LogP contribution in [0.3, 0.4) is 0 Å². The van der Waals surface area contributed by atoms with Crippen molar-refractivity contribution in [2.24, 2.45) is 0 Å². The fourth-order valence-electron chi connectivity index (χ4n) is 2.60. The van der Waals surface area contributed by atoms with Crippen LogP contribution in [0.25, 0.3) is 11.2 Å². The van der Waals surface area contributed by atoms with Gasteiger partial charge < -0.3 is 24.1 Å². The molecule has 1 aliphatic carbocycles. The minimum atomic E-state index is -0.936. The first-order valence-corrected chi connectivity index (χ1v) is 9.17. The van der Waals surface area contributed by atoms with Gasteiger partial charge in [-0.1, -0.05) is 0 Å². The Bertz CT molecular complexity index is 640. The van der Waals surface area contributed by atoms with Crippen LogP contribution < -0.4 is 5.73 Å². The highest BCUT2D eigenvalue weighted by atomic mass is 31.2. The minimum Gasteiger partial charge on any atom is -0.382 e. The predicted molar refractivity (Wildman–Crippen MR) is 87.9 cm³/mol. The number of aromatic nitrogens is 4. The summed E-state index contributed by atoms with van der Waals surface area (Å²) in [5, 5.41) is 0. The molecular weight excluding hydrogens is 317 g/mol. The molecule has 0 aromatic carbocycles. The summed E-state index contributed by atoms with van der Waals surface area (Å²) in [5.41, 5.74) is 7.26. The van der Waals surface area contributed by atoms with Crippen molar-refractivity contribution in [1.29, 1.82) is 0 Å². The highest BCUT2D eigenvalue weighted by Crippen LogP contribution is 2.42. The van der Waals surface area contributed by atoms with E-state index in [1.807, 2.05) is 13.8 Å². The van der Waals surface area contributed by atoms with Crippen LogP contribution in [0, 0.1) is 0 Å². The second kappa shape index (κ2) is 7.49. The van der Waals surface area contributed by atoms with E-state index >= 15 is 0 Å². The van der Waals surface area contributed by atoms with Gasteiger partial charge in [0.25, 0.3) is 0 Å². The monoisotopic (exact) mass is 339 g/mol. The molecule has 23 heavy (non-hydrogen) atoms. The molecule has 0 radical (unpaired) electrons. The normalized spacial score (nSPS) is 21.0. The topological polar surface area (TPSA) is 97.3 Å². The Kier molecular flexibility index (Phi) is 5.38. The van der Waals surface area contributed by atoms with Crippen molar-refractivity contribution in [3.05, 3.63) is 12.7 Å². The first-order valence-electron chi connectivity index (χ1n) is 7.80. The lowest BCUT2D eigenvalue weighted by atomic mass is 9.89. The van der Waals surface area contributed by atoms with E-state index < -0.39 is 8.38 Å². The van der Waals surface area contributed by atoms with Gasteiger partial charge in [0, 0.05) is 6.04 Å². The number of fused-ring (bicyclic) bond motifs is 1. The Hall–Kier alpha value is -1.34. The second-order valence-electron chi connectivity index (χ2n) is 5.29. The molecule has 1 fully saturated rings. The van der Waals surface area contributed by atoms with E-state index in [1.54, 1.807) is 6.33 Å². The van der Waals surface area contributed by atoms with Crippen molar-refractivity contribution in [3.63, 3.8) is 0 Å². The number of imidazole rings is 1. The van der Waals surface area contributed by atoms with Gasteiger partial charge in [0.2, 0.25) is 0 Å². The molecule has 2 aromatic rings. The van der Waals surface area contributed by atoms with Gasteiger partial charge in [-0.25, -0.2) is 15.0 Å². The van der Waals surface area contributed by atoms with Crippen molar-refractivity contribution in [3.8, 4) is 0 Å². The smallest absolute Gasteiger partial charge is 0.198 e. The maximum Gasteiger partial charge on any atom is 0.198 e. The van der Waals surface area contributed by atoms with Crippen LogP contribution in [-0.4, -0.2) is 45.2 Å². The third kappa shape index (κ3) is 3.61. The summed E-state index contributed by atoms with van der Waals surface area (Å²) in [7, 11) is -0.936. The van der Waals surface area contributed by atoms with Gasteiger partial charge in [0.15, 0.2) is 19.8 Å². The summed E-state index contributed by atoms with van der Waals surface area (Å²) < 4.78 is 19.0. The maximum atomic E-state index is 5.90. The molecule has 2 heterocycles. The zero-order valence-corrected chi connectivity index (χ0v) is 14.3. The fraction of sp³-hybridized carbons (Fsp3) is 0.643. The third-order valence-electron chi connectivity index (χ3n) is 3.81. The number of hydrogen-bond donors (Lipinski definition) is 1. The molecule has 2 aromatic heterocycles. The van der Waals surface area contributed by atoms with Gasteiger partial charge in [-0.05, 0) is 26.7 Å². The molecule has 1 saturated carbocycles. The van der Waals surface area contributed by atoms with Crippen LogP contribution >= 0.6 is 8.38 Å². The Labute approximate surface area is 136 Å². The SMILES string of the molecule is CCOP(COC1CC(n2cnc3c(N)ncnc32)C1)OCC. The molecule has 0 bridgehead atoms. The molecule has 0 aliphatic heterocycles. The van der Waals surface area contributed by atoms with E-state index in [-0.39, 0.29) is 6.10 Å². The van der Waals surface area contributed by atoms with Gasteiger partial charge in [-0.15, -0.1) is 0 Å². The first kappa shape index (κ1) is 16.5. The van der Waals surface area contributed by atoms with Crippen molar-refractivity contribution in [1.82, 2.24) is 19.5 Å². The summed E-state index contributed by atoms with van der Waals surface area (Å²) >= 11 is 0. The number of anilines is 1. The molecule has 8 nitrogen and oxygen atoms in total. The van der Waals surface area contributed by atoms with Gasteiger partial charge >= 0.3 is 0 Å². The minimum absolute atomic E-state index is 0.225. The summed E-state index contributed by atoms with van der Waals surface area (Å²) in [6, 6.07) is 0.338. The maximum absolute atomic E-state index is 5.90. The molecule has 3 rings (SSSR count). The lowest BCUT2D eigenvalue weighted by Crippen LogP contribution is -2.33. The summed E-state index contributed by atoms with van der Waals surface area (Å²) in [6.45, 7) is 5.21. The van der Waals surface area contributed by atoms with Crippen LogP contribution in [0.1, 0.15) is 32.7 Å². The fourth-order valence-corrected chi connectivity index (χ4v) is 3.74. The lowest BCUT2D eigenvalue weighted by Gasteiger charge is -2.36. The van der Waals surface area contributed by atoms with E-state index in [2.05, 4.69) is 19.5 Å². The second-order valence-corrected chi connectivity index (χ2v) is 6.73. The standard InChI is InChI=1S/C14H22N5O3P/c1-3-21-23(22-4-2)9-20-11-5-10(6-11)19-8-18-12-13(15)16-7-17-14(12)19/h7-8,10-11H,3-6,9H2,1-2H3,(H2,15,16,17). The molecule has 2 N–H and O–H groups in total. The molecule has 0 amide bonds. The van der Waals surface area contributed by atoms with E-state index in [4.69, 9.17) is 19.5 Å². The van der Waals surface area contributed by atoms with Crippen molar-refractivity contribution in [2.45, 2.75) is 38.8 Å². The average molecular weight is 339 g/mol. The van der Waals surface area contributed by atoms with E-state index in [9.17, 15) is 0 Å². The molecule has 0 unspecified atom stereocenters. The number of nitrogens with two attached hydrogens (primary N) is 1. The van der Waals surface area contributed by atoms with Crippen LogP contribution in [0.5, 0.6) is 0 Å². The molecule has 1 aliphatic rings. The molecule has 0 spiro atoms. The molecule has 9 heteroatoms. The van der Waals surface area contributed by atoms with Crippen molar-refractivity contribution in [2.75, 3.05) is 25.3 Å². The van der Waals surface area contributed by atoms with Crippen LogP contribution in [0.15, 0.2) is 12.7 Å². The molecule has 126 valence electrons. The number of ether oxygens (including phenoxy) is 1. The zero-order valence-electron chi connectivity index (χ0n) is 13.4. The van der Waals surface area contributed by atoms with E-state index in [1.165, 1.54) is 6.33 Å².